The average molecular weight is 230 g/mol. The first-order valence-electron chi connectivity index (χ1n) is 2.70. The fourth-order valence-corrected chi connectivity index (χ4v) is 0.874. The summed E-state index contributed by atoms with van der Waals surface area (Å²) in [4.78, 5) is 0. The summed E-state index contributed by atoms with van der Waals surface area (Å²) in [5, 5.41) is -4.80. The van der Waals surface area contributed by atoms with E-state index in [1.807, 2.05) is 0 Å². The van der Waals surface area contributed by atoms with Crippen molar-refractivity contribution in [3.8, 4) is 0 Å². The molecule has 3 nitrogen and oxygen atoms in total. The molecule has 0 saturated carbocycles. The zero-order valence-electron chi connectivity index (χ0n) is 6.55. The van der Waals surface area contributed by atoms with Gasteiger partial charge in [0.05, 0.1) is 0 Å². The van der Waals surface area contributed by atoms with E-state index in [-0.39, 0.29) is 51.4 Å². The first-order chi connectivity index (χ1) is 4.73. The number of alkyl halides is 3. The van der Waals surface area contributed by atoms with Crippen molar-refractivity contribution in [3.63, 3.8) is 0 Å². The van der Waals surface area contributed by atoms with E-state index >= 15 is 0 Å². The van der Waals surface area contributed by atoms with Crippen LogP contribution in [0.25, 0.3) is 0 Å². The van der Waals surface area contributed by atoms with Crippen LogP contribution in [-0.4, -0.2) is 24.4 Å². The first-order valence-corrected chi connectivity index (χ1v) is 4.11. The Labute approximate surface area is 111 Å². The predicted molar refractivity (Wildman–Crippen MR) is 29.8 cm³/mol. The molecule has 68 valence electrons. The van der Waals surface area contributed by atoms with Gasteiger partial charge < -0.3 is 4.55 Å². The van der Waals surface area contributed by atoms with E-state index in [0.717, 1.165) is 6.92 Å². The third-order valence-electron chi connectivity index (χ3n) is 1.06. The maximum absolute atomic E-state index is 12.1. The van der Waals surface area contributed by atoms with Gasteiger partial charge in [-0.05, 0) is 6.42 Å². The Morgan fingerprint density at radius 1 is 1.50 bits per heavy atom. The molecule has 0 aliphatic carbocycles. The average Bonchev–Trinajstić information content (AvgIpc) is 1.83. The fraction of sp³-hybridized carbons (Fsp3) is 1.00. The third-order valence-corrected chi connectivity index (χ3v) is 1.98. The summed E-state index contributed by atoms with van der Waals surface area (Å²) in [6.07, 6.45) is -3.64. The van der Waals surface area contributed by atoms with E-state index in [1.54, 1.807) is 0 Å². The van der Waals surface area contributed by atoms with Gasteiger partial charge >= 0.3 is 56.6 Å². The second kappa shape index (κ2) is 5.27. The summed E-state index contributed by atoms with van der Waals surface area (Å²) in [7, 11) is -5.87. The van der Waals surface area contributed by atoms with Gasteiger partial charge in [-0.2, -0.15) is 8.78 Å². The molecule has 0 aliphatic rings. The predicted octanol–water partition coefficient (Wildman–Crippen LogP) is -2.12. The van der Waals surface area contributed by atoms with Crippen molar-refractivity contribution >= 4 is 10.1 Å². The smallest absolute Gasteiger partial charge is 0.743 e. The zero-order valence-corrected chi connectivity index (χ0v) is 10.5. The fourth-order valence-electron chi connectivity index (χ4n) is 0.394. The standard InChI is InChI=1S/C4H7F3O3S.K/c1-2-3(5)4(6,7)11(8,9)10;/h3H,2H2,1H3,(H,8,9,10);/q;+1/p-1. The van der Waals surface area contributed by atoms with Crippen LogP contribution in [0.2, 0.25) is 0 Å². The SMILES string of the molecule is CCC(F)C(F)(F)S(=O)(=O)[O-].[K+]. The molecule has 0 aromatic carbocycles. The molecule has 0 aromatic rings. The van der Waals surface area contributed by atoms with E-state index < -0.39 is 28.0 Å². The van der Waals surface area contributed by atoms with Crippen LogP contribution in [0.1, 0.15) is 13.3 Å². The molecule has 8 heteroatoms. The minimum absolute atomic E-state index is 0. The van der Waals surface area contributed by atoms with Crippen molar-refractivity contribution in [3.05, 3.63) is 0 Å². The Morgan fingerprint density at radius 3 is 1.92 bits per heavy atom. The van der Waals surface area contributed by atoms with Crippen LogP contribution in [0, 0.1) is 0 Å². The minimum Gasteiger partial charge on any atom is -0.743 e. The molecule has 0 fully saturated rings. The van der Waals surface area contributed by atoms with Gasteiger partial charge in [-0.25, -0.2) is 12.8 Å². The van der Waals surface area contributed by atoms with Gasteiger partial charge in [0.1, 0.15) is 0 Å². The van der Waals surface area contributed by atoms with Crippen LogP contribution in [0.15, 0.2) is 0 Å². The second-order valence-electron chi connectivity index (χ2n) is 1.89. The summed E-state index contributed by atoms with van der Waals surface area (Å²) < 4.78 is 65.3. The van der Waals surface area contributed by atoms with Crippen LogP contribution < -0.4 is 51.4 Å². The normalized spacial score (nSPS) is 15.1. The monoisotopic (exact) mass is 230 g/mol. The van der Waals surface area contributed by atoms with Gasteiger partial charge in [-0.3, -0.25) is 0 Å². The topological polar surface area (TPSA) is 57.2 Å². The van der Waals surface area contributed by atoms with Crippen molar-refractivity contribution in [2.45, 2.75) is 24.8 Å². The number of halogens is 3. The first kappa shape index (κ1) is 15.8. The van der Waals surface area contributed by atoms with Gasteiger partial charge in [0.15, 0.2) is 16.3 Å². The third kappa shape index (κ3) is 3.60. The van der Waals surface area contributed by atoms with Gasteiger partial charge in [0.25, 0.3) is 0 Å². The van der Waals surface area contributed by atoms with Gasteiger partial charge in [-0.1, -0.05) is 6.92 Å². The molecular formula is C4H6F3KO3S. The molecule has 0 amide bonds. The summed E-state index contributed by atoms with van der Waals surface area (Å²) in [6.45, 7) is 1.02. The van der Waals surface area contributed by atoms with Crippen LogP contribution >= 0.6 is 0 Å². The summed E-state index contributed by atoms with van der Waals surface area (Å²) in [6, 6.07) is 0. The molecule has 0 heterocycles. The molecule has 0 bridgehead atoms. The van der Waals surface area contributed by atoms with Crippen molar-refractivity contribution in [2.24, 2.45) is 0 Å². The Bertz CT molecular complexity index is 228. The molecule has 1 atom stereocenters. The van der Waals surface area contributed by atoms with Gasteiger partial charge in [0.2, 0.25) is 0 Å². The molecule has 12 heavy (non-hydrogen) atoms. The van der Waals surface area contributed by atoms with E-state index in [1.165, 1.54) is 0 Å². The quantitative estimate of drug-likeness (QED) is 0.411. The molecular weight excluding hydrogens is 224 g/mol. The zero-order chi connectivity index (χ0) is 9.28. The van der Waals surface area contributed by atoms with Gasteiger partial charge in [-0.15, -0.1) is 0 Å². The minimum atomic E-state index is -5.87. The van der Waals surface area contributed by atoms with Gasteiger partial charge in [0, 0.05) is 0 Å². The molecule has 0 saturated heterocycles. The summed E-state index contributed by atoms with van der Waals surface area (Å²) in [5.41, 5.74) is 0. The Hall–Kier alpha value is 1.34. The summed E-state index contributed by atoms with van der Waals surface area (Å²) >= 11 is 0. The summed E-state index contributed by atoms with van der Waals surface area (Å²) in [5.74, 6) is 0. The molecule has 0 rings (SSSR count). The van der Waals surface area contributed by atoms with Crippen molar-refractivity contribution in [2.75, 3.05) is 0 Å². The van der Waals surface area contributed by atoms with Crippen LogP contribution in [0.4, 0.5) is 13.2 Å². The van der Waals surface area contributed by atoms with E-state index in [9.17, 15) is 26.1 Å². The molecule has 0 spiro atoms. The maximum atomic E-state index is 12.1. The van der Waals surface area contributed by atoms with Crippen molar-refractivity contribution in [1.82, 2.24) is 0 Å². The molecule has 0 radical (unpaired) electrons. The largest absolute Gasteiger partial charge is 1.00 e. The Morgan fingerprint density at radius 2 is 1.83 bits per heavy atom. The molecule has 1 unspecified atom stereocenters. The Kier molecular flexibility index (Phi) is 6.94. The van der Waals surface area contributed by atoms with E-state index in [4.69, 9.17) is 0 Å². The van der Waals surface area contributed by atoms with Crippen LogP contribution in [0.3, 0.4) is 0 Å². The van der Waals surface area contributed by atoms with E-state index in [0.29, 0.717) is 0 Å². The molecule has 0 aliphatic heterocycles. The van der Waals surface area contributed by atoms with E-state index in [2.05, 4.69) is 0 Å². The second-order valence-corrected chi connectivity index (χ2v) is 3.34. The molecule has 0 aromatic heterocycles. The number of rotatable bonds is 3. The number of hydrogen-bond acceptors (Lipinski definition) is 3. The number of hydrogen-bond donors (Lipinski definition) is 0. The maximum Gasteiger partial charge on any atom is 1.00 e. The van der Waals surface area contributed by atoms with Crippen molar-refractivity contribution < 1.29 is 77.5 Å². The Balaban J connectivity index is 0. The molecule has 0 N–H and O–H groups in total. The van der Waals surface area contributed by atoms with Crippen molar-refractivity contribution in [1.29, 1.82) is 0 Å². The van der Waals surface area contributed by atoms with Crippen LogP contribution in [-0.2, 0) is 10.1 Å². The van der Waals surface area contributed by atoms with Crippen LogP contribution in [0.5, 0.6) is 0 Å².